The molecule has 3 heterocycles. The topological polar surface area (TPSA) is 35.6 Å². The van der Waals surface area contributed by atoms with Gasteiger partial charge in [-0.3, -0.25) is 4.57 Å². The van der Waals surface area contributed by atoms with Crippen LogP contribution in [-0.4, -0.2) is 19.1 Å². The second kappa shape index (κ2) is 17.8. The summed E-state index contributed by atoms with van der Waals surface area (Å²) in [5.41, 5.74) is 15.2. The van der Waals surface area contributed by atoms with Crippen LogP contribution < -0.4 is 0 Å². The van der Waals surface area contributed by atoms with Gasteiger partial charge in [0.2, 0.25) is 5.95 Å². The molecule has 0 bridgehead atoms. The fourth-order valence-electron chi connectivity index (χ4n) is 8.82. The minimum Gasteiger partial charge on any atom is -0.313 e. The van der Waals surface area contributed by atoms with E-state index < -0.39 is 0 Å². The first-order valence-corrected chi connectivity index (χ1v) is 21.2. The lowest BCUT2D eigenvalue weighted by atomic mass is 9.94. The summed E-state index contributed by atoms with van der Waals surface area (Å²) in [4.78, 5) is 10.8. The molecule has 0 saturated heterocycles. The standard InChI is InChI=1S/C58H48N4/c1-5-22-42(39-51-49-33-17-19-36-54(49)61(53(51)25-8-4)46-30-13-10-14-31-46)43(23-6-2)40-56-47(24-7-3)48-32-16-20-37-55(48)62(56)58-59-52-35-18-15-34-50(52)57(60-58)45-29-21-28-44(38-45)41-26-11-9-12-27-41/h5-21,26-40H,1-4,22-25H2/b42-39+,43-40+. The van der Waals surface area contributed by atoms with Gasteiger partial charge in [-0.15, -0.1) is 26.3 Å². The van der Waals surface area contributed by atoms with Crippen molar-refractivity contribution in [2.24, 2.45) is 0 Å². The Morgan fingerprint density at radius 1 is 0.484 bits per heavy atom. The Morgan fingerprint density at radius 2 is 1.06 bits per heavy atom. The molecule has 0 spiro atoms. The zero-order valence-corrected chi connectivity index (χ0v) is 34.9. The van der Waals surface area contributed by atoms with Crippen LogP contribution in [0.25, 0.3) is 78.9 Å². The Bertz CT molecular complexity index is 3190. The monoisotopic (exact) mass is 800 g/mol. The fourth-order valence-corrected chi connectivity index (χ4v) is 8.82. The third-order valence-electron chi connectivity index (χ3n) is 11.5. The largest absolute Gasteiger partial charge is 0.313 e. The van der Waals surface area contributed by atoms with Crippen molar-refractivity contribution in [2.75, 3.05) is 0 Å². The first kappa shape index (κ1) is 39.6. The molecule has 0 amide bonds. The molecule has 0 aliphatic rings. The molecule has 300 valence electrons. The molecule has 0 atom stereocenters. The van der Waals surface area contributed by atoms with Gasteiger partial charge in [-0.25, -0.2) is 9.97 Å². The van der Waals surface area contributed by atoms with Crippen molar-refractivity contribution >= 4 is 44.9 Å². The van der Waals surface area contributed by atoms with Gasteiger partial charge in [-0.05, 0) is 95.6 Å². The third kappa shape index (κ3) is 7.48. The van der Waals surface area contributed by atoms with Gasteiger partial charge < -0.3 is 4.57 Å². The van der Waals surface area contributed by atoms with Crippen molar-refractivity contribution in [3.8, 4) is 34.0 Å². The normalized spacial score (nSPS) is 11.9. The predicted octanol–water partition coefficient (Wildman–Crippen LogP) is 14.9. The zero-order valence-electron chi connectivity index (χ0n) is 34.9. The van der Waals surface area contributed by atoms with Crippen LogP contribution in [0.2, 0.25) is 0 Å². The van der Waals surface area contributed by atoms with E-state index in [1.807, 2.05) is 36.4 Å². The minimum absolute atomic E-state index is 0.605. The predicted molar refractivity (Wildman–Crippen MR) is 264 cm³/mol. The minimum atomic E-state index is 0.605. The summed E-state index contributed by atoms with van der Waals surface area (Å²) in [7, 11) is 0. The number of allylic oxidation sites excluding steroid dienone is 6. The lowest BCUT2D eigenvalue weighted by Gasteiger charge is -2.15. The van der Waals surface area contributed by atoms with E-state index >= 15 is 0 Å². The maximum absolute atomic E-state index is 5.49. The molecule has 9 aromatic rings. The van der Waals surface area contributed by atoms with E-state index in [2.05, 4.69) is 193 Å². The number of para-hydroxylation sites is 4. The molecular weight excluding hydrogens is 753 g/mol. The number of rotatable bonds is 15. The maximum atomic E-state index is 5.49. The molecule has 0 aliphatic heterocycles. The number of hydrogen-bond acceptors (Lipinski definition) is 2. The molecule has 0 saturated carbocycles. The van der Waals surface area contributed by atoms with Gasteiger partial charge in [0.25, 0.3) is 0 Å². The van der Waals surface area contributed by atoms with Crippen LogP contribution in [0.3, 0.4) is 0 Å². The maximum Gasteiger partial charge on any atom is 0.235 e. The van der Waals surface area contributed by atoms with Crippen LogP contribution in [0.5, 0.6) is 0 Å². The number of nitrogens with zero attached hydrogens (tertiary/aromatic N) is 4. The fraction of sp³-hybridized carbons (Fsp3) is 0.0690. The highest BCUT2D eigenvalue weighted by Crippen LogP contribution is 2.38. The van der Waals surface area contributed by atoms with Crippen LogP contribution in [0.1, 0.15) is 35.4 Å². The summed E-state index contributed by atoms with van der Waals surface area (Å²) in [6, 6.07) is 55.2. The Morgan fingerprint density at radius 3 is 1.77 bits per heavy atom. The number of hydrogen-bond donors (Lipinski definition) is 0. The highest BCUT2D eigenvalue weighted by atomic mass is 15.2. The van der Waals surface area contributed by atoms with Gasteiger partial charge >= 0.3 is 0 Å². The summed E-state index contributed by atoms with van der Waals surface area (Å²) in [5.74, 6) is 0.605. The van der Waals surface area contributed by atoms with Crippen LogP contribution in [0.4, 0.5) is 0 Å². The number of fused-ring (bicyclic) bond motifs is 3. The Hall–Kier alpha value is -7.82. The Labute approximate surface area is 364 Å². The molecule has 0 aliphatic carbocycles. The molecule has 3 aromatic heterocycles. The molecule has 0 radical (unpaired) electrons. The zero-order chi connectivity index (χ0) is 42.4. The van der Waals surface area contributed by atoms with Crippen LogP contribution in [0.15, 0.2) is 219 Å². The number of benzene rings is 6. The van der Waals surface area contributed by atoms with Gasteiger partial charge in [-0.2, -0.15) is 0 Å². The van der Waals surface area contributed by atoms with E-state index in [-0.39, 0.29) is 0 Å². The van der Waals surface area contributed by atoms with Gasteiger partial charge in [-0.1, -0.05) is 146 Å². The molecule has 62 heavy (non-hydrogen) atoms. The van der Waals surface area contributed by atoms with E-state index in [0.29, 0.717) is 31.6 Å². The van der Waals surface area contributed by atoms with Crippen LogP contribution in [0, 0.1) is 0 Å². The molecule has 0 N–H and O–H groups in total. The second-order valence-electron chi connectivity index (χ2n) is 15.4. The summed E-state index contributed by atoms with van der Waals surface area (Å²) in [6.45, 7) is 16.9. The van der Waals surface area contributed by atoms with E-state index in [0.717, 1.165) is 77.8 Å². The van der Waals surface area contributed by atoms with Crippen molar-refractivity contribution < 1.29 is 0 Å². The van der Waals surface area contributed by atoms with Crippen molar-refractivity contribution in [1.82, 2.24) is 19.1 Å². The lowest BCUT2D eigenvalue weighted by Crippen LogP contribution is -2.06. The van der Waals surface area contributed by atoms with Gasteiger partial charge in [0.05, 0.1) is 27.9 Å². The van der Waals surface area contributed by atoms with Crippen molar-refractivity contribution in [3.05, 3.63) is 242 Å². The highest BCUT2D eigenvalue weighted by Gasteiger charge is 2.22. The van der Waals surface area contributed by atoms with E-state index in [4.69, 9.17) is 9.97 Å². The van der Waals surface area contributed by atoms with E-state index in [1.165, 1.54) is 16.6 Å². The van der Waals surface area contributed by atoms with E-state index in [9.17, 15) is 0 Å². The van der Waals surface area contributed by atoms with Gasteiger partial charge in [0.1, 0.15) is 0 Å². The van der Waals surface area contributed by atoms with E-state index in [1.54, 1.807) is 0 Å². The molecular formula is C58H48N4. The molecule has 0 unspecified atom stereocenters. The van der Waals surface area contributed by atoms with Crippen LogP contribution >= 0.6 is 0 Å². The number of aromatic nitrogens is 4. The first-order valence-electron chi connectivity index (χ1n) is 21.2. The van der Waals surface area contributed by atoms with Crippen molar-refractivity contribution in [2.45, 2.75) is 25.7 Å². The van der Waals surface area contributed by atoms with Crippen LogP contribution in [-0.2, 0) is 12.8 Å². The quantitative estimate of drug-likeness (QED) is 0.0765. The SMILES string of the molecule is C=CCC(=C\c1c(CC=C)n(-c2ccccc2)c2ccccc12)/C(=C/c1c(CC=C)c2ccccc2n1-c1nc(-c2cccc(-c3ccccc3)c2)c2ccccc2n1)CC=C. The van der Waals surface area contributed by atoms with Crippen molar-refractivity contribution in [3.63, 3.8) is 0 Å². The second-order valence-corrected chi connectivity index (χ2v) is 15.4. The Kier molecular flexibility index (Phi) is 11.4. The van der Waals surface area contributed by atoms with Crippen molar-refractivity contribution in [1.29, 1.82) is 0 Å². The molecule has 9 rings (SSSR count). The molecule has 4 heteroatoms. The Balaban J connectivity index is 1.30. The summed E-state index contributed by atoms with van der Waals surface area (Å²) >= 11 is 0. The molecule has 4 nitrogen and oxygen atoms in total. The highest BCUT2D eigenvalue weighted by molar-refractivity contribution is 5.96. The van der Waals surface area contributed by atoms with Gasteiger partial charge in [0.15, 0.2) is 0 Å². The van der Waals surface area contributed by atoms with Gasteiger partial charge in [0, 0.05) is 45.1 Å². The smallest absolute Gasteiger partial charge is 0.235 e. The third-order valence-corrected chi connectivity index (χ3v) is 11.5. The summed E-state index contributed by atoms with van der Waals surface area (Å²) in [5, 5.41) is 3.31. The molecule has 0 fully saturated rings. The molecule has 6 aromatic carbocycles. The average Bonchev–Trinajstić information content (AvgIpc) is 3.80. The lowest BCUT2D eigenvalue weighted by molar-refractivity contribution is 0.963. The average molecular weight is 801 g/mol. The summed E-state index contributed by atoms with van der Waals surface area (Å²) < 4.78 is 4.61. The summed E-state index contributed by atoms with van der Waals surface area (Å²) in [6.07, 6.45) is 15.3. The first-order chi connectivity index (χ1) is 30.6.